The lowest BCUT2D eigenvalue weighted by Gasteiger charge is -2.30. The van der Waals surface area contributed by atoms with Crippen molar-refractivity contribution in [2.45, 2.75) is 137 Å². The molecule has 0 spiro atoms. The topological polar surface area (TPSA) is 88.1 Å². The number of ketones is 1. The first-order chi connectivity index (χ1) is 20.2. The number of benzene rings is 2. The van der Waals surface area contributed by atoms with Crippen LogP contribution in [-0.2, 0) is 18.4 Å². The van der Waals surface area contributed by atoms with Crippen LogP contribution in [0.25, 0.3) is 0 Å². The van der Waals surface area contributed by atoms with Gasteiger partial charge in [-0.05, 0) is 96.5 Å². The SMILES string of the molecule is CCCCCCCCCCCCCC(=O)Oc1ccc(C(=O)c2ccc(OP(=O)(OC(C)(C)C)OC(C)(C)C)cc2)cc1. The molecule has 0 aliphatic rings. The molecule has 2 aromatic carbocycles. The van der Waals surface area contributed by atoms with Crippen LogP contribution >= 0.6 is 7.82 Å². The van der Waals surface area contributed by atoms with Crippen LogP contribution in [0.15, 0.2) is 48.5 Å². The molecule has 2 rings (SSSR count). The Hall–Kier alpha value is -2.47. The summed E-state index contributed by atoms with van der Waals surface area (Å²) >= 11 is 0. The Balaban J connectivity index is 1.80. The van der Waals surface area contributed by atoms with Crippen molar-refractivity contribution in [3.63, 3.8) is 0 Å². The predicted octanol–water partition coefficient (Wildman–Crippen LogP) is 10.6. The van der Waals surface area contributed by atoms with Crippen LogP contribution in [0.5, 0.6) is 11.5 Å². The van der Waals surface area contributed by atoms with Gasteiger partial charge < -0.3 is 9.26 Å². The van der Waals surface area contributed by atoms with Gasteiger partial charge in [0.25, 0.3) is 0 Å². The van der Waals surface area contributed by atoms with E-state index in [4.69, 9.17) is 18.3 Å². The zero-order valence-electron chi connectivity index (χ0n) is 27.4. The van der Waals surface area contributed by atoms with Crippen molar-refractivity contribution in [2.24, 2.45) is 0 Å². The molecule has 0 amide bonds. The van der Waals surface area contributed by atoms with E-state index in [0.29, 0.717) is 23.3 Å². The molecule has 0 unspecified atom stereocenters. The predicted molar refractivity (Wildman–Crippen MR) is 173 cm³/mol. The molecule has 43 heavy (non-hydrogen) atoms. The van der Waals surface area contributed by atoms with Gasteiger partial charge in [-0.2, -0.15) is 0 Å². The lowest BCUT2D eigenvalue weighted by Crippen LogP contribution is -2.25. The fourth-order valence-corrected chi connectivity index (χ4v) is 6.31. The van der Waals surface area contributed by atoms with E-state index in [-0.39, 0.29) is 17.5 Å². The summed E-state index contributed by atoms with van der Waals surface area (Å²) in [5.41, 5.74) is -0.637. The maximum atomic E-state index is 13.3. The zero-order valence-corrected chi connectivity index (χ0v) is 28.3. The molecule has 0 aromatic heterocycles. The second-order valence-corrected chi connectivity index (χ2v) is 14.5. The summed E-state index contributed by atoms with van der Waals surface area (Å²) in [6, 6.07) is 12.8. The van der Waals surface area contributed by atoms with E-state index in [1.807, 2.05) is 0 Å². The number of phosphoric acid groups is 1. The quantitative estimate of drug-likeness (QED) is 0.0510. The summed E-state index contributed by atoms with van der Waals surface area (Å²) in [6.07, 6.45) is 13.9. The highest BCUT2D eigenvalue weighted by atomic mass is 31.2. The second-order valence-electron chi connectivity index (χ2n) is 13.1. The minimum absolute atomic E-state index is 0.203. The fraction of sp³-hybridized carbons (Fsp3) is 0.600. The fourth-order valence-electron chi connectivity index (χ4n) is 4.48. The maximum absolute atomic E-state index is 13.3. The van der Waals surface area contributed by atoms with Crippen LogP contribution in [0.4, 0.5) is 0 Å². The van der Waals surface area contributed by atoms with Crippen LogP contribution in [-0.4, -0.2) is 23.0 Å². The highest BCUT2D eigenvalue weighted by Gasteiger charge is 2.38. The van der Waals surface area contributed by atoms with Gasteiger partial charge in [0.05, 0.1) is 11.2 Å². The Morgan fingerprint density at radius 2 is 1.00 bits per heavy atom. The van der Waals surface area contributed by atoms with Crippen molar-refractivity contribution >= 4 is 19.6 Å². The molecule has 2 aromatic rings. The standard InChI is InChI=1S/C35H53O7P/c1-8-9-10-11-12-13-14-15-16-17-18-19-32(36)39-30-24-20-28(21-25-30)33(37)29-22-26-31(27-23-29)40-43(38,41-34(2,3)4)42-35(5,6)7/h20-27H,8-19H2,1-7H3. The first kappa shape index (κ1) is 36.7. The van der Waals surface area contributed by atoms with E-state index in [1.165, 1.54) is 51.4 Å². The molecule has 0 fully saturated rings. The van der Waals surface area contributed by atoms with Crippen molar-refractivity contribution in [3.05, 3.63) is 59.7 Å². The summed E-state index contributed by atoms with van der Waals surface area (Å²) < 4.78 is 35.8. The van der Waals surface area contributed by atoms with Gasteiger partial charge in [-0.15, -0.1) is 0 Å². The number of esters is 1. The number of ether oxygens (including phenoxy) is 1. The van der Waals surface area contributed by atoms with Crippen molar-refractivity contribution in [2.75, 3.05) is 0 Å². The highest BCUT2D eigenvalue weighted by Crippen LogP contribution is 2.55. The average Bonchev–Trinajstić information content (AvgIpc) is 2.90. The lowest BCUT2D eigenvalue weighted by molar-refractivity contribution is -0.134. The molecule has 8 heteroatoms. The Morgan fingerprint density at radius 1 is 0.605 bits per heavy atom. The van der Waals surface area contributed by atoms with Gasteiger partial charge in [-0.1, -0.05) is 71.1 Å². The van der Waals surface area contributed by atoms with Crippen molar-refractivity contribution < 1.29 is 32.5 Å². The third kappa shape index (κ3) is 15.7. The van der Waals surface area contributed by atoms with E-state index in [9.17, 15) is 14.2 Å². The first-order valence-corrected chi connectivity index (χ1v) is 17.3. The molecule has 7 nitrogen and oxygen atoms in total. The normalized spacial score (nSPS) is 12.3. The third-order valence-corrected chi connectivity index (χ3v) is 8.41. The number of hydrogen-bond acceptors (Lipinski definition) is 7. The summed E-state index contributed by atoms with van der Waals surface area (Å²) in [6.45, 7) is 12.8. The molecule has 240 valence electrons. The summed E-state index contributed by atoms with van der Waals surface area (Å²) in [5.74, 6) is 0.217. The Kier molecular flexibility index (Phi) is 15.1. The summed E-state index contributed by atoms with van der Waals surface area (Å²) in [7, 11) is -3.94. The lowest BCUT2D eigenvalue weighted by atomic mass is 10.0. The van der Waals surface area contributed by atoms with Crippen LogP contribution in [0, 0.1) is 0 Å². The maximum Gasteiger partial charge on any atom is 0.531 e. The molecule has 0 saturated heterocycles. The van der Waals surface area contributed by atoms with Gasteiger partial charge in [0.2, 0.25) is 0 Å². The molecule has 0 aliphatic carbocycles. The number of unbranched alkanes of at least 4 members (excludes halogenated alkanes) is 10. The number of carbonyl (C=O) groups excluding carboxylic acids is 2. The average molecular weight is 617 g/mol. The molecule has 0 saturated carbocycles. The van der Waals surface area contributed by atoms with E-state index in [2.05, 4.69) is 6.92 Å². The van der Waals surface area contributed by atoms with E-state index < -0.39 is 19.0 Å². The Bertz CT molecular complexity index is 1140. The van der Waals surface area contributed by atoms with E-state index in [1.54, 1.807) is 90.1 Å². The van der Waals surface area contributed by atoms with Gasteiger partial charge in [0.1, 0.15) is 11.5 Å². The smallest absolute Gasteiger partial charge is 0.427 e. The molecule has 0 atom stereocenters. The van der Waals surface area contributed by atoms with Crippen LogP contribution in [0.1, 0.15) is 141 Å². The number of carbonyl (C=O) groups is 2. The van der Waals surface area contributed by atoms with Crippen LogP contribution < -0.4 is 9.26 Å². The van der Waals surface area contributed by atoms with Crippen molar-refractivity contribution in [3.8, 4) is 11.5 Å². The van der Waals surface area contributed by atoms with E-state index in [0.717, 1.165) is 19.3 Å². The molecule has 0 heterocycles. The number of rotatable bonds is 19. The van der Waals surface area contributed by atoms with Crippen molar-refractivity contribution in [1.29, 1.82) is 0 Å². The largest absolute Gasteiger partial charge is 0.531 e. The highest BCUT2D eigenvalue weighted by molar-refractivity contribution is 7.49. The number of phosphoric ester groups is 1. The monoisotopic (exact) mass is 616 g/mol. The second kappa shape index (κ2) is 17.7. The number of hydrogen-bond donors (Lipinski definition) is 0. The Labute approximate surface area is 259 Å². The molecular formula is C35H53O7P. The van der Waals surface area contributed by atoms with Crippen LogP contribution in [0.3, 0.4) is 0 Å². The van der Waals surface area contributed by atoms with Crippen LogP contribution in [0.2, 0.25) is 0 Å². The van der Waals surface area contributed by atoms with Gasteiger partial charge in [-0.3, -0.25) is 18.6 Å². The molecule has 0 radical (unpaired) electrons. The first-order valence-electron chi connectivity index (χ1n) is 15.9. The van der Waals surface area contributed by atoms with Crippen molar-refractivity contribution in [1.82, 2.24) is 0 Å². The minimum atomic E-state index is -3.94. The minimum Gasteiger partial charge on any atom is -0.427 e. The van der Waals surface area contributed by atoms with Gasteiger partial charge >= 0.3 is 13.8 Å². The van der Waals surface area contributed by atoms with Gasteiger partial charge in [-0.25, -0.2) is 4.57 Å². The summed E-state index contributed by atoms with van der Waals surface area (Å²) in [4.78, 5) is 25.3. The van der Waals surface area contributed by atoms with E-state index >= 15 is 0 Å². The zero-order chi connectivity index (χ0) is 31.9. The van der Waals surface area contributed by atoms with Gasteiger partial charge in [0, 0.05) is 17.5 Å². The Morgan fingerprint density at radius 3 is 1.42 bits per heavy atom. The third-order valence-electron chi connectivity index (χ3n) is 6.44. The summed E-state index contributed by atoms with van der Waals surface area (Å²) in [5, 5.41) is 0. The molecule has 0 aliphatic heterocycles. The molecule has 0 N–H and O–H groups in total. The molecule has 0 bridgehead atoms. The van der Waals surface area contributed by atoms with Gasteiger partial charge in [0.15, 0.2) is 5.78 Å². The molecular weight excluding hydrogens is 563 g/mol.